The van der Waals surface area contributed by atoms with Gasteiger partial charge < -0.3 is 4.74 Å². The van der Waals surface area contributed by atoms with Gasteiger partial charge in [0.15, 0.2) is 5.13 Å². The number of thiazole rings is 1. The minimum absolute atomic E-state index is 0.220. The first kappa shape index (κ1) is 19.1. The van der Waals surface area contributed by atoms with Gasteiger partial charge in [0.05, 0.1) is 29.0 Å². The molecular formula is C20H14ClN3O4S. The second kappa shape index (κ2) is 7.31. The molecule has 3 aromatic rings. The van der Waals surface area contributed by atoms with Crippen LogP contribution < -0.4 is 10.1 Å². The Morgan fingerprint density at radius 1 is 1.14 bits per heavy atom. The number of imide groups is 1. The van der Waals surface area contributed by atoms with Crippen molar-refractivity contribution in [2.75, 3.05) is 19.5 Å². The van der Waals surface area contributed by atoms with Crippen molar-refractivity contribution < 1.29 is 19.1 Å². The number of fused-ring (bicyclic) bond motifs is 1. The monoisotopic (exact) mass is 427 g/mol. The molecule has 0 radical (unpaired) electrons. The molecular weight excluding hydrogens is 414 g/mol. The van der Waals surface area contributed by atoms with E-state index in [0.29, 0.717) is 27.2 Å². The van der Waals surface area contributed by atoms with E-state index in [0.717, 1.165) is 10.5 Å². The van der Waals surface area contributed by atoms with Crippen LogP contribution in [0.1, 0.15) is 31.1 Å². The predicted octanol–water partition coefficient (Wildman–Crippen LogP) is 3.95. The first-order valence-corrected chi connectivity index (χ1v) is 9.72. The molecule has 9 heteroatoms. The Hall–Kier alpha value is -3.23. The molecule has 0 bridgehead atoms. The lowest BCUT2D eigenvalue weighted by Gasteiger charge is -2.04. The summed E-state index contributed by atoms with van der Waals surface area (Å²) in [4.78, 5) is 42.1. The number of benzene rings is 2. The van der Waals surface area contributed by atoms with Crippen molar-refractivity contribution in [3.8, 4) is 17.0 Å². The molecule has 4 rings (SSSR count). The van der Waals surface area contributed by atoms with E-state index in [-0.39, 0.29) is 17.0 Å². The quantitative estimate of drug-likeness (QED) is 0.637. The molecule has 0 saturated carbocycles. The normalized spacial score (nSPS) is 12.9. The van der Waals surface area contributed by atoms with Crippen LogP contribution in [0.15, 0.2) is 41.8 Å². The molecule has 3 amide bonds. The summed E-state index contributed by atoms with van der Waals surface area (Å²) >= 11 is 7.42. The average molecular weight is 428 g/mol. The Bertz CT molecular complexity index is 1170. The largest absolute Gasteiger partial charge is 0.495 e. The third-order valence-electron chi connectivity index (χ3n) is 4.52. The third-order valence-corrected chi connectivity index (χ3v) is 5.58. The van der Waals surface area contributed by atoms with Gasteiger partial charge in [0.2, 0.25) is 0 Å². The SMILES string of the molecule is COc1ccc(-c2csc(NC(=O)c3ccc4c(c3)C(=O)N(C)C4=O)n2)cc1Cl. The van der Waals surface area contributed by atoms with E-state index in [2.05, 4.69) is 10.3 Å². The summed E-state index contributed by atoms with van der Waals surface area (Å²) < 4.78 is 5.14. The van der Waals surface area contributed by atoms with Gasteiger partial charge in [-0.1, -0.05) is 11.6 Å². The number of carbonyl (C=O) groups excluding carboxylic acids is 3. The van der Waals surface area contributed by atoms with Gasteiger partial charge in [-0.3, -0.25) is 24.6 Å². The maximum absolute atomic E-state index is 12.6. The molecule has 1 aliphatic heterocycles. The molecule has 0 unspecified atom stereocenters. The van der Waals surface area contributed by atoms with Gasteiger partial charge in [-0.05, 0) is 36.4 Å². The van der Waals surface area contributed by atoms with Gasteiger partial charge in [-0.25, -0.2) is 4.98 Å². The van der Waals surface area contributed by atoms with Gasteiger partial charge in [0, 0.05) is 23.6 Å². The predicted molar refractivity (Wildman–Crippen MR) is 110 cm³/mol. The van der Waals surface area contributed by atoms with E-state index in [4.69, 9.17) is 16.3 Å². The highest BCUT2D eigenvalue weighted by atomic mass is 35.5. The van der Waals surface area contributed by atoms with E-state index in [1.807, 2.05) is 6.07 Å². The summed E-state index contributed by atoms with van der Waals surface area (Å²) in [7, 11) is 2.95. The smallest absolute Gasteiger partial charge is 0.261 e. The van der Waals surface area contributed by atoms with Crippen molar-refractivity contribution in [1.82, 2.24) is 9.88 Å². The topological polar surface area (TPSA) is 88.6 Å². The molecule has 0 fully saturated rings. The van der Waals surface area contributed by atoms with Crippen LogP contribution in [0.5, 0.6) is 5.75 Å². The highest BCUT2D eigenvalue weighted by molar-refractivity contribution is 7.14. The fourth-order valence-corrected chi connectivity index (χ4v) is 3.93. The lowest BCUT2D eigenvalue weighted by Crippen LogP contribution is -2.24. The van der Waals surface area contributed by atoms with Crippen LogP contribution in [0, 0.1) is 0 Å². The van der Waals surface area contributed by atoms with Crippen molar-refractivity contribution >= 4 is 45.8 Å². The number of hydrogen-bond acceptors (Lipinski definition) is 6. The molecule has 7 nitrogen and oxygen atoms in total. The molecule has 2 heterocycles. The zero-order valence-electron chi connectivity index (χ0n) is 15.4. The van der Waals surface area contributed by atoms with Gasteiger partial charge in [-0.2, -0.15) is 0 Å². The lowest BCUT2D eigenvalue weighted by molar-refractivity contribution is 0.0693. The van der Waals surface area contributed by atoms with Crippen LogP contribution in [0.4, 0.5) is 5.13 Å². The number of methoxy groups -OCH3 is 1. The van der Waals surface area contributed by atoms with Crippen LogP contribution in [0.2, 0.25) is 5.02 Å². The van der Waals surface area contributed by atoms with Crippen LogP contribution in [-0.4, -0.2) is 41.8 Å². The fraction of sp³-hybridized carbons (Fsp3) is 0.100. The van der Waals surface area contributed by atoms with Crippen molar-refractivity contribution in [2.24, 2.45) is 0 Å². The first-order valence-electron chi connectivity index (χ1n) is 8.46. The molecule has 29 heavy (non-hydrogen) atoms. The Morgan fingerprint density at radius 3 is 2.62 bits per heavy atom. The summed E-state index contributed by atoms with van der Waals surface area (Å²) in [5.41, 5.74) is 2.23. The minimum Gasteiger partial charge on any atom is -0.495 e. The summed E-state index contributed by atoms with van der Waals surface area (Å²) in [5, 5.41) is 5.38. The molecule has 0 atom stereocenters. The minimum atomic E-state index is -0.424. The van der Waals surface area contributed by atoms with E-state index in [9.17, 15) is 14.4 Å². The summed E-state index contributed by atoms with van der Waals surface area (Å²) in [6.45, 7) is 0. The maximum Gasteiger partial charge on any atom is 0.261 e. The Balaban J connectivity index is 1.54. The van der Waals surface area contributed by atoms with Crippen molar-refractivity contribution in [3.05, 3.63) is 63.5 Å². The van der Waals surface area contributed by atoms with E-state index in [1.54, 1.807) is 17.5 Å². The van der Waals surface area contributed by atoms with Crippen molar-refractivity contribution in [3.63, 3.8) is 0 Å². The number of halogens is 1. The number of carbonyl (C=O) groups is 3. The van der Waals surface area contributed by atoms with Crippen LogP contribution in [-0.2, 0) is 0 Å². The molecule has 1 aromatic heterocycles. The number of nitrogens with zero attached hydrogens (tertiary/aromatic N) is 2. The van der Waals surface area contributed by atoms with Gasteiger partial charge >= 0.3 is 0 Å². The number of rotatable bonds is 4. The number of amides is 3. The van der Waals surface area contributed by atoms with Crippen LogP contribution >= 0.6 is 22.9 Å². The van der Waals surface area contributed by atoms with Crippen molar-refractivity contribution in [2.45, 2.75) is 0 Å². The fourth-order valence-electron chi connectivity index (χ4n) is 2.96. The second-order valence-electron chi connectivity index (χ2n) is 6.27. The molecule has 2 aromatic carbocycles. The highest BCUT2D eigenvalue weighted by Crippen LogP contribution is 2.32. The van der Waals surface area contributed by atoms with Gasteiger partial charge in [0.1, 0.15) is 5.75 Å². The molecule has 0 spiro atoms. The Kier molecular flexibility index (Phi) is 4.81. The number of nitrogens with one attached hydrogen (secondary N) is 1. The highest BCUT2D eigenvalue weighted by Gasteiger charge is 2.33. The Labute approximate surface area is 174 Å². The average Bonchev–Trinajstić information content (AvgIpc) is 3.27. The van der Waals surface area contributed by atoms with Crippen LogP contribution in [0.25, 0.3) is 11.3 Å². The van der Waals surface area contributed by atoms with E-state index in [1.165, 1.54) is 43.7 Å². The summed E-state index contributed by atoms with van der Waals surface area (Å²) in [6, 6.07) is 9.73. The van der Waals surface area contributed by atoms with E-state index < -0.39 is 11.8 Å². The zero-order chi connectivity index (χ0) is 20.7. The zero-order valence-corrected chi connectivity index (χ0v) is 16.9. The molecule has 0 saturated heterocycles. The molecule has 0 aliphatic carbocycles. The second-order valence-corrected chi connectivity index (χ2v) is 7.54. The number of anilines is 1. The standard InChI is InChI=1S/C20H14ClN3O4S/c1-24-18(26)12-5-3-11(7-13(12)19(24)27)17(25)23-20-22-15(9-29-20)10-4-6-16(28-2)14(21)8-10/h3-9H,1-2H3,(H,22,23,25). The van der Waals surface area contributed by atoms with Gasteiger partial charge in [-0.15, -0.1) is 11.3 Å². The number of ether oxygens (including phenoxy) is 1. The van der Waals surface area contributed by atoms with Crippen LogP contribution in [0.3, 0.4) is 0 Å². The summed E-state index contributed by atoms with van der Waals surface area (Å²) in [6.07, 6.45) is 0. The lowest BCUT2D eigenvalue weighted by atomic mass is 10.1. The Morgan fingerprint density at radius 2 is 1.90 bits per heavy atom. The number of aromatic nitrogens is 1. The van der Waals surface area contributed by atoms with Gasteiger partial charge in [0.25, 0.3) is 17.7 Å². The summed E-state index contributed by atoms with van der Waals surface area (Å²) in [5.74, 6) is -0.655. The third kappa shape index (κ3) is 3.37. The molecule has 1 aliphatic rings. The molecule has 146 valence electrons. The number of hydrogen-bond donors (Lipinski definition) is 1. The molecule has 1 N–H and O–H groups in total. The first-order chi connectivity index (χ1) is 13.9. The maximum atomic E-state index is 12.6. The van der Waals surface area contributed by atoms with Crippen molar-refractivity contribution in [1.29, 1.82) is 0 Å². The van der Waals surface area contributed by atoms with E-state index >= 15 is 0 Å².